The van der Waals surface area contributed by atoms with Gasteiger partial charge in [0.25, 0.3) is 0 Å². The van der Waals surface area contributed by atoms with E-state index in [-0.39, 0.29) is 12.5 Å². The van der Waals surface area contributed by atoms with E-state index < -0.39 is 0 Å². The Morgan fingerprint density at radius 2 is 2.17 bits per heavy atom. The summed E-state index contributed by atoms with van der Waals surface area (Å²) in [4.78, 5) is 11.6. The maximum atomic E-state index is 11.6. The lowest BCUT2D eigenvalue weighted by Gasteiger charge is -2.06. The van der Waals surface area contributed by atoms with E-state index in [1.165, 1.54) is 0 Å². The summed E-state index contributed by atoms with van der Waals surface area (Å²) in [7, 11) is 0. The first-order valence-corrected chi connectivity index (χ1v) is 5.67. The highest BCUT2D eigenvalue weighted by Crippen LogP contribution is 2.10. The number of anilines is 2. The highest BCUT2D eigenvalue weighted by molar-refractivity contribution is 5.92. The molecule has 0 spiro atoms. The van der Waals surface area contributed by atoms with Crippen LogP contribution in [0, 0.1) is 13.8 Å². The van der Waals surface area contributed by atoms with Crippen LogP contribution in [0.15, 0.2) is 34.9 Å². The zero-order valence-electron chi connectivity index (χ0n) is 10.4. The molecule has 5 heteroatoms. The van der Waals surface area contributed by atoms with E-state index in [2.05, 4.69) is 15.8 Å². The normalized spacial score (nSPS) is 10.1. The van der Waals surface area contributed by atoms with Crippen LogP contribution in [-0.4, -0.2) is 17.6 Å². The van der Waals surface area contributed by atoms with Crippen LogP contribution in [0.4, 0.5) is 11.6 Å². The maximum Gasteiger partial charge on any atom is 0.246 e. The van der Waals surface area contributed by atoms with Gasteiger partial charge < -0.3 is 9.84 Å². The fourth-order valence-electron chi connectivity index (χ4n) is 1.54. The molecule has 0 saturated heterocycles. The molecule has 0 fully saturated rings. The van der Waals surface area contributed by atoms with E-state index >= 15 is 0 Å². The van der Waals surface area contributed by atoms with E-state index in [0.717, 1.165) is 16.9 Å². The summed E-state index contributed by atoms with van der Waals surface area (Å²) in [5.74, 6) is 0.191. The number of nitrogens with one attached hydrogen (secondary N) is 2. The van der Waals surface area contributed by atoms with Crippen molar-refractivity contribution in [3.63, 3.8) is 0 Å². The summed E-state index contributed by atoms with van der Waals surface area (Å²) in [5.41, 5.74) is 2.79. The predicted octanol–water partition coefficient (Wildman–Crippen LogP) is 2.34. The van der Waals surface area contributed by atoms with Gasteiger partial charge in [-0.3, -0.25) is 10.1 Å². The van der Waals surface area contributed by atoms with Crippen molar-refractivity contribution in [3.8, 4) is 0 Å². The third-order valence-corrected chi connectivity index (χ3v) is 2.36. The smallest absolute Gasteiger partial charge is 0.246 e. The molecule has 1 heterocycles. The maximum absolute atomic E-state index is 11.6. The molecule has 0 radical (unpaired) electrons. The van der Waals surface area contributed by atoms with Crippen LogP contribution >= 0.6 is 0 Å². The van der Waals surface area contributed by atoms with E-state index in [1.54, 1.807) is 13.0 Å². The Hall–Kier alpha value is -2.30. The van der Waals surface area contributed by atoms with Crippen molar-refractivity contribution in [2.75, 3.05) is 17.2 Å². The van der Waals surface area contributed by atoms with Crippen LogP contribution in [0.5, 0.6) is 0 Å². The average Bonchev–Trinajstić information content (AvgIpc) is 2.72. The van der Waals surface area contributed by atoms with Crippen LogP contribution < -0.4 is 10.6 Å². The minimum Gasteiger partial charge on any atom is -0.376 e. The minimum absolute atomic E-state index is 0.173. The summed E-state index contributed by atoms with van der Waals surface area (Å²) < 4.78 is 4.90. The van der Waals surface area contributed by atoms with E-state index in [1.807, 2.05) is 31.2 Å². The second kappa shape index (κ2) is 5.35. The van der Waals surface area contributed by atoms with Gasteiger partial charge in [-0.15, -0.1) is 0 Å². The first-order chi connectivity index (χ1) is 8.63. The summed E-state index contributed by atoms with van der Waals surface area (Å²) in [6, 6.07) is 9.51. The van der Waals surface area contributed by atoms with Crippen molar-refractivity contribution in [3.05, 3.63) is 41.6 Å². The largest absolute Gasteiger partial charge is 0.376 e. The third kappa shape index (κ3) is 3.35. The number of benzene rings is 1. The molecule has 2 N–H and O–H groups in total. The Balaban J connectivity index is 1.85. The number of nitrogens with zero attached hydrogens (tertiary/aromatic N) is 1. The number of hydrogen-bond donors (Lipinski definition) is 2. The zero-order valence-corrected chi connectivity index (χ0v) is 10.4. The Kier molecular flexibility index (Phi) is 3.62. The number of carbonyl (C=O) groups is 1. The Morgan fingerprint density at radius 3 is 2.83 bits per heavy atom. The van der Waals surface area contributed by atoms with Gasteiger partial charge in [0.2, 0.25) is 11.8 Å². The molecule has 0 aliphatic heterocycles. The number of aromatic nitrogens is 1. The van der Waals surface area contributed by atoms with E-state index in [9.17, 15) is 4.79 Å². The van der Waals surface area contributed by atoms with Crippen molar-refractivity contribution >= 4 is 17.5 Å². The van der Waals surface area contributed by atoms with E-state index in [4.69, 9.17) is 4.52 Å². The fourth-order valence-corrected chi connectivity index (χ4v) is 1.54. The van der Waals surface area contributed by atoms with Gasteiger partial charge in [-0.1, -0.05) is 17.3 Å². The quantitative estimate of drug-likeness (QED) is 0.867. The van der Waals surface area contributed by atoms with Gasteiger partial charge in [-0.2, -0.15) is 0 Å². The number of rotatable bonds is 4. The molecule has 2 rings (SSSR count). The zero-order chi connectivity index (χ0) is 13.0. The molecule has 94 valence electrons. The molecule has 0 saturated carbocycles. The lowest BCUT2D eigenvalue weighted by Crippen LogP contribution is -2.21. The molecule has 18 heavy (non-hydrogen) atoms. The lowest BCUT2D eigenvalue weighted by molar-refractivity contribution is -0.114. The van der Waals surface area contributed by atoms with Gasteiger partial charge in [0.05, 0.1) is 12.2 Å². The molecule has 5 nitrogen and oxygen atoms in total. The molecule has 2 aromatic rings. The topological polar surface area (TPSA) is 67.2 Å². The van der Waals surface area contributed by atoms with Crippen LogP contribution in [0.3, 0.4) is 0 Å². The molecular weight excluding hydrogens is 230 g/mol. The first-order valence-electron chi connectivity index (χ1n) is 5.67. The highest BCUT2D eigenvalue weighted by atomic mass is 16.5. The third-order valence-electron chi connectivity index (χ3n) is 2.36. The van der Waals surface area contributed by atoms with Gasteiger partial charge in [-0.05, 0) is 31.5 Å². The van der Waals surface area contributed by atoms with Crippen molar-refractivity contribution in [1.82, 2.24) is 5.16 Å². The van der Waals surface area contributed by atoms with Gasteiger partial charge in [0, 0.05) is 11.8 Å². The standard InChI is InChI=1S/C13H15N3O2/c1-9-4-3-5-11(6-9)14-8-12(17)15-13-7-10(2)16-18-13/h3-7,14H,8H2,1-2H3,(H,15,17). The number of carbonyl (C=O) groups excluding carboxylic acids is 1. The summed E-state index contributed by atoms with van der Waals surface area (Å²) in [6.07, 6.45) is 0. The monoisotopic (exact) mass is 245 g/mol. The number of hydrogen-bond acceptors (Lipinski definition) is 4. The molecule has 1 aromatic heterocycles. The van der Waals surface area contributed by atoms with Crippen LogP contribution in [0.2, 0.25) is 0 Å². The molecule has 0 unspecified atom stereocenters. The summed E-state index contributed by atoms with van der Waals surface area (Å²) in [6.45, 7) is 3.98. The first kappa shape index (κ1) is 12.2. The molecule has 0 bridgehead atoms. The molecule has 0 aliphatic rings. The predicted molar refractivity (Wildman–Crippen MR) is 69.5 cm³/mol. The number of aryl methyl sites for hydroxylation is 2. The fraction of sp³-hybridized carbons (Fsp3) is 0.231. The van der Waals surface area contributed by atoms with Gasteiger partial charge in [-0.25, -0.2) is 0 Å². The van der Waals surface area contributed by atoms with Crippen LogP contribution in [0.1, 0.15) is 11.3 Å². The molecular formula is C13H15N3O2. The molecule has 0 aliphatic carbocycles. The lowest BCUT2D eigenvalue weighted by atomic mass is 10.2. The average molecular weight is 245 g/mol. The van der Waals surface area contributed by atoms with Crippen molar-refractivity contribution in [1.29, 1.82) is 0 Å². The van der Waals surface area contributed by atoms with Gasteiger partial charge in [0.1, 0.15) is 0 Å². The van der Waals surface area contributed by atoms with Crippen LogP contribution in [-0.2, 0) is 4.79 Å². The Bertz CT molecular complexity index is 549. The van der Waals surface area contributed by atoms with E-state index in [0.29, 0.717) is 5.88 Å². The number of amides is 1. The van der Waals surface area contributed by atoms with Crippen molar-refractivity contribution < 1.29 is 9.32 Å². The van der Waals surface area contributed by atoms with Crippen molar-refractivity contribution in [2.45, 2.75) is 13.8 Å². The molecule has 1 aromatic carbocycles. The molecule has 0 atom stereocenters. The second-order valence-corrected chi connectivity index (χ2v) is 4.10. The Labute approximate surface area is 105 Å². The molecule has 1 amide bonds. The van der Waals surface area contributed by atoms with Gasteiger partial charge >= 0.3 is 0 Å². The summed E-state index contributed by atoms with van der Waals surface area (Å²) >= 11 is 0. The van der Waals surface area contributed by atoms with Crippen LogP contribution in [0.25, 0.3) is 0 Å². The van der Waals surface area contributed by atoms with Gasteiger partial charge in [0.15, 0.2) is 0 Å². The van der Waals surface area contributed by atoms with Crippen molar-refractivity contribution in [2.24, 2.45) is 0 Å². The Morgan fingerprint density at radius 1 is 1.33 bits per heavy atom. The highest BCUT2D eigenvalue weighted by Gasteiger charge is 2.06. The second-order valence-electron chi connectivity index (χ2n) is 4.10. The SMILES string of the molecule is Cc1cccc(NCC(=O)Nc2cc(C)no2)c1. The minimum atomic E-state index is -0.173. The summed E-state index contributed by atoms with van der Waals surface area (Å²) in [5, 5.41) is 9.34.